The zero-order valence-electron chi connectivity index (χ0n) is 13.5. The van der Waals surface area contributed by atoms with Crippen molar-refractivity contribution in [1.29, 1.82) is 5.41 Å². The number of halogens is 1. The molecule has 0 spiro atoms. The fraction of sp³-hybridized carbons (Fsp3) is 0.143. The minimum atomic E-state index is -1.00. The number of nitrogens with zero attached hydrogens (tertiary/aromatic N) is 3. The van der Waals surface area contributed by atoms with Gasteiger partial charge in [-0.3, -0.25) is 15.2 Å². The Kier molecular flexibility index (Phi) is 5.35. The van der Waals surface area contributed by atoms with Crippen LogP contribution in [0.25, 0.3) is 5.69 Å². The van der Waals surface area contributed by atoms with Gasteiger partial charge in [0.25, 0.3) is 11.5 Å². The molecule has 0 amide bonds. The first kappa shape index (κ1) is 19.1. The smallest absolute Gasteiger partial charge is 0.335 e. The van der Waals surface area contributed by atoms with Gasteiger partial charge in [0, 0.05) is 10.7 Å². The number of aliphatic imine (C=N–C) groups is 1. The number of rotatable bonds is 3. The largest absolute Gasteiger partial charge is 0.493 e. The van der Waals surface area contributed by atoms with E-state index in [2.05, 4.69) is 20.9 Å². The summed E-state index contributed by atoms with van der Waals surface area (Å²) in [6.07, 6.45) is 0.754. The molecule has 0 atom stereocenters. The van der Waals surface area contributed by atoms with Crippen LogP contribution >= 0.6 is 15.9 Å². The van der Waals surface area contributed by atoms with E-state index >= 15 is 0 Å². The van der Waals surface area contributed by atoms with Crippen LogP contribution in [-0.4, -0.2) is 31.9 Å². The molecule has 1 aromatic heterocycles. The summed E-state index contributed by atoms with van der Waals surface area (Å²) in [5.74, 6) is -1.57. The average Bonchev–Trinajstić information content (AvgIpc) is 2.50. The van der Waals surface area contributed by atoms with Crippen LogP contribution in [-0.2, 0) is 0 Å². The van der Waals surface area contributed by atoms with Crippen LogP contribution in [0.15, 0.2) is 31.2 Å². The third-order valence-corrected chi connectivity index (χ3v) is 4.21. The van der Waals surface area contributed by atoms with Crippen molar-refractivity contribution in [3.05, 3.63) is 64.2 Å². The molecule has 1 heterocycles. The van der Waals surface area contributed by atoms with Crippen LogP contribution in [0.2, 0.25) is 0 Å². The zero-order chi connectivity index (χ0) is 19.6. The van der Waals surface area contributed by atoms with Gasteiger partial charge in [0.05, 0.1) is 5.69 Å². The highest BCUT2D eigenvalue weighted by Gasteiger charge is 2.17. The number of nitro groups is 1. The molecular weight excluding hydrogens is 412 g/mol. The fourth-order valence-corrected chi connectivity index (χ4v) is 2.59. The zero-order valence-corrected chi connectivity index (χ0v) is 15.1. The second-order valence-corrected chi connectivity index (χ2v) is 6.05. The van der Waals surface area contributed by atoms with E-state index in [9.17, 15) is 24.8 Å². The van der Waals surface area contributed by atoms with Crippen LogP contribution in [0.3, 0.4) is 0 Å². The first-order valence-corrected chi connectivity index (χ1v) is 7.80. The molecule has 4 N–H and O–H groups in total. The number of aromatic amines is 1. The molecule has 2 aromatic rings. The number of aromatic nitrogens is 2. The molecule has 0 fully saturated rings. The first-order valence-electron chi connectivity index (χ1n) is 7.01. The van der Waals surface area contributed by atoms with Crippen molar-refractivity contribution in [3.8, 4) is 11.6 Å². The highest BCUT2D eigenvalue weighted by atomic mass is 79.9. The third-order valence-electron chi connectivity index (χ3n) is 3.36. The van der Waals surface area contributed by atoms with Crippen molar-refractivity contribution in [3.63, 3.8) is 0 Å². The van der Waals surface area contributed by atoms with Gasteiger partial charge in [0.2, 0.25) is 5.88 Å². The summed E-state index contributed by atoms with van der Waals surface area (Å²) in [6.45, 7) is 3.49. The quantitative estimate of drug-likeness (QED) is 0.245. The SMILES string of the molecule is Cc1cc(-n2c(O)c(C=NC(=N)N[N+](=O)[O-])c(=O)[nH]c2=O)c(C)cc1Br. The maximum absolute atomic E-state index is 12.2. The number of benzene rings is 1. The van der Waals surface area contributed by atoms with Gasteiger partial charge in [-0.1, -0.05) is 21.4 Å². The Balaban J connectivity index is 2.64. The second-order valence-electron chi connectivity index (χ2n) is 5.20. The number of guanidine groups is 1. The molecule has 0 aliphatic rings. The van der Waals surface area contributed by atoms with Gasteiger partial charge in [0.1, 0.15) is 5.56 Å². The second kappa shape index (κ2) is 7.31. The summed E-state index contributed by atoms with van der Waals surface area (Å²) < 4.78 is 1.68. The van der Waals surface area contributed by atoms with Gasteiger partial charge in [-0.25, -0.2) is 24.5 Å². The van der Waals surface area contributed by atoms with E-state index in [4.69, 9.17) is 5.41 Å². The van der Waals surface area contributed by atoms with E-state index in [-0.39, 0.29) is 0 Å². The maximum Gasteiger partial charge on any atom is 0.335 e. The van der Waals surface area contributed by atoms with Gasteiger partial charge in [0.15, 0.2) is 5.03 Å². The Morgan fingerprint density at radius 3 is 2.69 bits per heavy atom. The molecule has 0 bridgehead atoms. The minimum Gasteiger partial charge on any atom is -0.493 e. The van der Waals surface area contributed by atoms with Crippen molar-refractivity contribution in [2.24, 2.45) is 4.99 Å². The highest BCUT2D eigenvalue weighted by molar-refractivity contribution is 9.10. The molecule has 12 heteroatoms. The van der Waals surface area contributed by atoms with Gasteiger partial charge < -0.3 is 5.11 Å². The molecule has 0 aliphatic heterocycles. The number of aryl methyl sites for hydroxylation is 2. The molecular formula is C14H13BrN6O5. The molecule has 26 heavy (non-hydrogen) atoms. The van der Waals surface area contributed by atoms with Crippen LogP contribution in [0.4, 0.5) is 0 Å². The topological polar surface area (TPSA) is 166 Å². The lowest BCUT2D eigenvalue weighted by atomic mass is 10.1. The van der Waals surface area contributed by atoms with Crippen molar-refractivity contribution in [2.45, 2.75) is 13.8 Å². The Labute approximate surface area is 153 Å². The van der Waals surface area contributed by atoms with Crippen molar-refractivity contribution in [2.75, 3.05) is 0 Å². The number of aromatic hydroxyl groups is 1. The van der Waals surface area contributed by atoms with Crippen LogP contribution in [0, 0.1) is 29.4 Å². The monoisotopic (exact) mass is 424 g/mol. The molecule has 0 aliphatic carbocycles. The van der Waals surface area contributed by atoms with E-state index < -0.39 is 33.7 Å². The summed E-state index contributed by atoms with van der Waals surface area (Å²) in [6, 6.07) is 3.38. The highest BCUT2D eigenvalue weighted by Crippen LogP contribution is 2.25. The summed E-state index contributed by atoms with van der Waals surface area (Å²) in [4.78, 5) is 39.8. The van der Waals surface area contributed by atoms with Crippen LogP contribution < -0.4 is 16.7 Å². The number of hydrogen-bond acceptors (Lipinski definition) is 6. The standard InChI is InChI=1S/C14H13BrN6O5/c1-6-4-10(7(2)3-9(6)15)20-12(23)8(11(22)18-14(20)24)5-17-13(16)19-21(25)26/h3-5,23H,1-2H3,(H2,16,19)(H,18,22,24). The van der Waals surface area contributed by atoms with Crippen molar-refractivity contribution >= 4 is 28.1 Å². The predicted molar refractivity (Wildman–Crippen MR) is 96.9 cm³/mol. The molecule has 136 valence electrons. The Hall–Kier alpha value is -3.28. The number of H-pyrrole nitrogens is 1. The molecule has 0 saturated carbocycles. The van der Waals surface area contributed by atoms with Crippen molar-refractivity contribution < 1.29 is 10.1 Å². The molecule has 0 radical (unpaired) electrons. The lowest BCUT2D eigenvalue weighted by Crippen LogP contribution is -2.32. The third kappa shape index (κ3) is 3.85. The molecule has 1 aromatic carbocycles. The molecule has 11 nitrogen and oxygen atoms in total. The normalized spacial score (nSPS) is 10.9. The average molecular weight is 425 g/mol. The van der Waals surface area contributed by atoms with E-state index in [1.165, 1.54) is 5.43 Å². The lowest BCUT2D eigenvalue weighted by molar-refractivity contribution is -0.525. The van der Waals surface area contributed by atoms with Crippen molar-refractivity contribution in [1.82, 2.24) is 15.0 Å². The minimum absolute atomic E-state index is 0.331. The Bertz CT molecular complexity index is 1060. The maximum atomic E-state index is 12.2. The fourth-order valence-electron chi connectivity index (χ4n) is 2.13. The molecule has 0 saturated heterocycles. The van der Waals surface area contributed by atoms with Crippen LogP contribution in [0.5, 0.6) is 5.88 Å². The Morgan fingerprint density at radius 1 is 1.42 bits per heavy atom. The predicted octanol–water partition coefficient (Wildman–Crippen LogP) is 0.746. The summed E-state index contributed by atoms with van der Waals surface area (Å²) in [5, 5.41) is 26.9. The summed E-state index contributed by atoms with van der Waals surface area (Å²) in [7, 11) is 0. The van der Waals surface area contributed by atoms with Crippen LogP contribution in [0.1, 0.15) is 16.7 Å². The Morgan fingerprint density at radius 2 is 2.08 bits per heavy atom. The van der Waals surface area contributed by atoms with Gasteiger partial charge >= 0.3 is 5.69 Å². The van der Waals surface area contributed by atoms with E-state index in [0.717, 1.165) is 20.8 Å². The number of hydrazine groups is 1. The van der Waals surface area contributed by atoms with Gasteiger partial charge in [-0.05, 0) is 37.1 Å². The van der Waals surface area contributed by atoms with E-state index in [1.54, 1.807) is 26.0 Å². The van der Waals surface area contributed by atoms with Gasteiger partial charge in [-0.15, -0.1) is 0 Å². The van der Waals surface area contributed by atoms with E-state index in [0.29, 0.717) is 11.3 Å². The lowest BCUT2D eigenvalue weighted by Gasteiger charge is -2.13. The van der Waals surface area contributed by atoms with E-state index in [1.807, 2.05) is 4.98 Å². The molecule has 2 rings (SSSR count). The first-order chi connectivity index (χ1) is 12.1. The van der Waals surface area contributed by atoms with Gasteiger partial charge in [-0.2, -0.15) is 0 Å². The summed E-state index contributed by atoms with van der Waals surface area (Å²) >= 11 is 3.36. The number of nitrogens with one attached hydrogen (secondary N) is 3. The molecule has 0 unspecified atom stereocenters. The summed E-state index contributed by atoms with van der Waals surface area (Å²) in [5.41, 5.74) is 0.978. The number of hydrogen-bond donors (Lipinski definition) is 4.